The topological polar surface area (TPSA) is 58.4 Å². The van der Waals surface area contributed by atoms with Crippen molar-refractivity contribution >= 4 is 11.4 Å². The average Bonchev–Trinajstić information content (AvgIpc) is 3.04. The number of rotatable bonds is 6. The smallest absolute Gasteiger partial charge is 0.292 e. The quantitative estimate of drug-likeness (QED) is 0.633. The van der Waals surface area contributed by atoms with E-state index in [9.17, 15) is 10.1 Å². The van der Waals surface area contributed by atoms with Gasteiger partial charge in [0, 0.05) is 26.2 Å². The molecule has 1 aliphatic rings. The van der Waals surface area contributed by atoms with Crippen molar-refractivity contribution in [3.05, 3.63) is 33.9 Å². The van der Waals surface area contributed by atoms with Gasteiger partial charge in [-0.1, -0.05) is 19.1 Å². The van der Waals surface area contributed by atoms with Crippen molar-refractivity contribution in [2.45, 2.75) is 19.9 Å². The van der Waals surface area contributed by atoms with Crippen LogP contribution in [0.1, 0.15) is 18.9 Å². The lowest BCUT2D eigenvalue weighted by atomic mass is 10.1. The lowest BCUT2D eigenvalue weighted by Crippen LogP contribution is -2.21. The van der Waals surface area contributed by atoms with E-state index in [-0.39, 0.29) is 10.6 Å². The Labute approximate surface area is 113 Å². The zero-order chi connectivity index (χ0) is 14.0. The second-order valence-electron chi connectivity index (χ2n) is 5.49. The fourth-order valence-electron chi connectivity index (χ4n) is 2.57. The van der Waals surface area contributed by atoms with Gasteiger partial charge in [-0.15, -0.1) is 0 Å². The predicted octanol–water partition coefficient (Wildman–Crippen LogP) is 2.72. The molecule has 1 saturated carbocycles. The molecule has 19 heavy (non-hydrogen) atoms. The number of nitrogens with one attached hydrogen (secondary N) is 1. The van der Waals surface area contributed by atoms with Crippen molar-refractivity contribution in [2.24, 2.45) is 11.8 Å². The second kappa shape index (κ2) is 5.57. The van der Waals surface area contributed by atoms with Crippen LogP contribution < -0.4 is 5.32 Å². The van der Waals surface area contributed by atoms with E-state index in [0.717, 1.165) is 30.5 Å². The van der Waals surface area contributed by atoms with E-state index in [4.69, 9.17) is 0 Å². The van der Waals surface area contributed by atoms with Crippen LogP contribution in [0.15, 0.2) is 18.2 Å². The molecule has 1 fully saturated rings. The summed E-state index contributed by atoms with van der Waals surface area (Å²) in [5.41, 5.74) is 1.75. The van der Waals surface area contributed by atoms with E-state index < -0.39 is 0 Å². The summed E-state index contributed by atoms with van der Waals surface area (Å²) in [6, 6.07) is 5.24. The molecule has 0 bridgehead atoms. The highest BCUT2D eigenvalue weighted by atomic mass is 16.6. The molecule has 0 saturated heterocycles. The molecular formula is C14H21N3O2. The van der Waals surface area contributed by atoms with Crippen LogP contribution in [0.4, 0.5) is 11.4 Å². The molecule has 5 nitrogen and oxygen atoms in total. The Morgan fingerprint density at radius 2 is 2.21 bits per heavy atom. The highest BCUT2D eigenvalue weighted by Crippen LogP contribution is 2.38. The number of nitrogens with zero attached hydrogens (tertiary/aromatic N) is 2. The molecule has 2 rings (SSSR count). The maximum absolute atomic E-state index is 11.0. The lowest BCUT2D eigenvalue weighted by molar-refractivity contribution is -0.384. The Morgan fingerprint density at radius 1 is 1.53 bits per heavy atom. The Hall–Kier alpha value is -1.62. The van der Waals surface area contributed by atoms with E-state index in [1.807, 2.05) is 6.07 Å². The Kier molecular flexibility index (Phi) is 4.04. The number of para-hydroxylation sites is 1. The summed E-state index contributed by atoms with van der Waals surface area (Å²) >= 11 is 0. The number of nitro groups is 1. The van der Waals surface area contributed by atoms with Crippen LogP contribution in [0.25, 0.3) is 0 Å². The van der Waals surface area contributed by atoms with Gasteiger partial charge in [-0.2, -0.15) is 0 Å². The number of hydrogen-bond donors (Lipinski definition) is 1. The van der Waals surface area contributed by atoms with Gasteiger partial charge in [0.1, 0.15) is 5.69 Å². The molecule has 2 atom stereocenters. The zero-order valence-corrected chi connectivity index (χ0v) is 11.7. The van der Waals surface area contributed by atoms with Crippen molar-refractivity contribution in [1.29, 1.82) is 0 Å². The molecule has 0 aliphatic heterocycles. The number of benzene rings is 1. The van der Waals surface area contributed by atoms with E-state index in [0.29, 0.717) is 5.69 Å². The molecule has 1 aromatic rings. The van der Waals surface area contributed by atoms with Crippen molar-refractivity contribution < 1.29 is 4.92 Å². The summed E-state index contributed by atoms with van der Waals surface area (Å²) in [6.07, 6.45) is 1.30. The Bertz CT molecular complexity index is 476. The number of anilines is 1. The molecule has 5 heteroatoms. The van der Waals surface area contributed by atoms with E-state index in [2.05, 4.69) is 24.2 Å². The summed E-state index contributed by atoms with van der Waals surface area (Å²) in [5.74, 6) is 1.62. The summed E-state index contributed by atoms with van der Waals surface area (Å²) < 4.78 is 0. The first-order valence-corrected chi connectivity index (χ1v) is 6.65. The van der Waals surface area contributed by atoms with E-state index in [1.54, 1.807) is 13.1 Å². The summed E-state index contributed by atoms with van der Waals surface area (Å²) in [6.45, 7) is 4.07. The molecule has 1 aromatic carbocycles. The SMILES string of the molecule is CNc1c(CN(C)CC2CC2C)cccc1[N+](=O)[O-]. The highest BCUT2D eigenvalue weighted by molar-refractivity contribution is 5.66. The van der Waals surface area contributed by atoms with Gasteiger partial charge in [0.05, 0.1) is 4.92 Å². The predicted molar refractivity (Wildman–Crippen MR) is 76.2 cm³/mol. The van der Waals surface area contributed by atoms with Crippen LogP contribution in [-0.4, -0.2) is 30.5 Å². The molecule has 1 aliphatic carbocycles. The van der Waals surface area contributed by atoms with Crippen molar-refractivity contribution in [2.75, 3.05) is 26.0 Å². The van der Waals surface area contributed by atoms with Crippen LogP contribution in [0.5, 0.6) is 0 Å². The molecule has 1 N–H and O–H groups in total. The van der Waals surface area contributed by atoms with Gasteiger partial charge < -0.3 is 10.2 Å². The molecule has 2 unspecified atom stereocenters. The maximum atomic E-state index is 11.0. The summed E-state index contributed by atoms with van der Waals surface area (Å²) in [7, 11) is 3.80. The highest BCUT2D eigenvalue weighted by Gasteiger charge is 2.33. The van der Waals surface area contributed by atoms with Crippen LogP contribution >= 0.6 is 0 Å². The molecule has 0 radical (unpaired) electrons. The first-order valence-electron chi connectivity index (χ1n) is 6.65. The first kappa shape index (κ1) is 13.8. The minimum atomic E-state index is -0.335. The van der Waals surface area contributed by atoms with Gasteiger partial charge in [-0.3, -0.25) is 10.1 Å². The molecule has 0 amide bonds. The third-order valence-corrected chi connectivity index (χ3v) is 3.84. The standard InChI is InChI=1S/C14H21N3O2/c1-10-7-12(10)9-16(3)8-11-5-4-6-13(17(18)19)14(11)15-2/h4-6,10,12,15H,7-9H2,1-3H3. The molecule has 104 valence electrons. The second-order valence-corrected chi connectivity index (χ2v) is 5.49. The largest absolute Gasteiger partial charge is 0.382 e. The molecule has 0 spiro atoms. The van der Waals surface area contributed by atoms with Gasteiger partial charge in [0.25, 0.3) is 5.69 Å². The van der Waals surface area contributed by atoms with Crippen LogP contribution in [-0.2, 0) is 6.54 Å². The van der Waals surface area contributed by atoms with Crippen LogP contribution in [0.2, 0.25) is 0 Å². The van der Waals surface area contributed by atoms with Crippen molar-refractivity contribution in [3.63, 3.8) is 0 Å². The zero-order valence-electron chi connectivity index (χ0n) is 11.7. The fraction of sp³-hybridized carbons (Fsp3) is 0.571. The van der Waals surface area contributed by atoms with Gasteiger partial charge in [0.15, 0.2) is 0 Å². The van der Waals surface area contributed by atoms with E-state index >= 15 is 0 Å². The van der Waals surface area contributed by atoms with Gasteiger partial charge >= 0.3 is 0 Å². The third-order valence-electron chi connectivity index (χ3n) is 3.84. The normalized spacial score (nSPS) is 21.5. The third kappa shape index (κ3) is 3.23. The Balaban J connectivity index is 2.10. The molecular weight excluding hydrogens is 242 g/mol. The fourth-order valence-corrected chi connectivity index (χ4v) is 2.57. The molecule has 0 heterocycles. The van der Waals surface area contributed by atoms with Crippen LogP contribution in [0, 0.1) is 22.0 Å². The Morgan fingerprint density at radius 3 is 2.74 bits per heavy atom. The number of nitro benzene ring substituents is 1. The summed E-state index contributed by atoms with van der Waals surface area (Å²) in [4.78, 5) is 12.9. The monoisotopic (exact) mass is 263 g/mol. The summed E-state index contributed by atoms with van der Waals surface area (Å²) in [5, 5.41) is 14.0. The van der Waals surface area contributed by atoms with Crippen LogP contribution in [0.3, 0.4) is 0 Å². The average molecular weight is 263 g/mol. The molecule has 0 aromatic heterocycles. The van der Waals surface area contributed by atoms with Gasteiger partial charge in [0.2, 0.25) is 0 Å². The maximum Gasteiger partial charge on any atom is 0.292 e. The number of hydrogen-bond acceptors (Lipinski definition) is 4. The van der Waals surface area contributed by atoms with E-state index in [1.165, 1.54) is 12.5 Å². The minimum absolute atomic E-state index is 0.146. The first-order chi connectivity index (χ1) is 9.02. The van der Waals surface area contributed by atoms with Crippen molar-refractivity contribution in [3.8, 4) is 0 Å². The lowest BCUT2D eigenvalue weighted by Gasteiger charge is -2.18. The van der Waals surface area contributed by atoms with Gasteiger partial charge in [-0.25, -0.2) is 0 Å². The van der Waals surface area contributed by atoms with Crippen molar-refractivity contribution in [1.82, 2.24) is 4.90 Å². The minimum Gasteiger partial charge on any atom is -0.382 e. The van der Waals surface area contributed by atoms with Gasteiger partial charge in [-0.05, 0) is 30.9 Å².